The minimum atomic E-state index is 0.0564. The summed E-state index contributed by atoms with van der Waals surface area (Å²) in [6.45, 7) is 0. The Kier molecular flexibility index (Phi) is 3.77. The van der Waals surface area contributed by atoms with Crippen LogP contribution in [0.2, 0.25) is 5.02 Å². The van der Waals surface area contributed by atoms with E-state index in [1.54, 1.807) is 25.5 Å². The van der Waals surface area contributed by atoms with E-state index in [4.69, 9.17) is 16.3 Å². The van der Waals surface area contributed by atoms with Gasteiger partial charge in [0.2, 0.25) is 5.13 Å². The fourth-order valence-corrected chi connectivity index (χ4v) is 2.84. The predicted octanol–water partition coefficient (Wildman–Crippen LogP) is 4.41. The largest absolute Gasteiger partial charge is 0.506 e. The van der Waals surface area contributed by atoms with E-state index in [1.165, 1.54) is 17.4 Å². The van der Waals surface area contributed by atoms with Crippen LogP contribution in [0, 0.1) is 0 Å². The zero-order chi connectivity index (χ0) is 14.8. The summed E-state index contributed by atoms with van der Waals surface area (Å²) in [4.78, 5) is 8.77. The van der Waals surface area contributed by atoms with Crippen molar-refractivity contribution in [2.45, 2.75) is 0 Å². The molecule has 0 amide bonds. The van der Waals surface area contributed by atoms with E-state index in [9.17, 15) is 5.11 Å². The lowest BCUT2D eigenvalue weighted by molar-refractivity contribution is 0.415. The molecule has 6 heteroatoms. The summed E-state index contributed by atoms with van der Waals surface area (Å²) in [6, 6.07) is 10.6. The molecule has 0 aliphatic rings. The van der Waals surface area contributed by atoms with E-state index < -0.39 is 0 Å². The van der Waals surface area contributed by atoms with Crippen molar-refractivity contribution in [2.75, 3.05) is 7.11 Å². The molecule has 1 heterocycles. The molecule has 0 saturated carbocycles. The van der Waals surface area contributed by atoms with Crippen molar-refractivity contribution in [1.29, 1.82) is 0 Å². The summed E-state index contributed by atoms with van der Waals surface area (Å²) in [5.74, 6) is 0.855. The van der Waals surface area contributed by atoms with E-state index in [-0.39, 0.29) is 5.75 Å². The number of nitrogens with zero attached hydrogens (tertiary/aromatic N) is 2. The van der Waals surface area contributed by atoms with Crippen molar-refractivity contribution >= 4 is 44.5 Å². The highest BCUT2D eigenvalue weighted by Crippen LogP contribution is 2.31. The van der Waals surface area contributed by atoms with Crippen LogP contribution in [0.15, 0.2) is 41.4 Å². The van der Waals surface area contributed by atoms with E-state index in [2.05, 4.69) is 9.98 Å². The number of thiazole rings is 1. The average molecular weight is 319 g/mol. The van der Waals surface area contributed by atoms with Gasteiger partial charge in [-0.3, -0.25) is 0 Å². The van der Waals surface area contributed by atoms with Gasteiger partial charge in [-0.05, 0) is 42.0 Å². The molecule has 4 nitrogen and oxygen atoms in total. The van der Waals surface area contributed by atoms with Crippen LogP contribution in [-0.4, -0.2) is 23.4 Å². The average Bonchev–Trinajstić information content (AvgIpc) is 2.90. The van der Waals surface area contributed by atoms with Crippen LogP contribution >= 0.6 is 22.9 Å². The molecule has 0 saturated heterocycles. The maximum absolute atomic E-state index is 9.38. The maximum Gasteiger partial charge on any atom is 0.210 e. The predicted molar refractivity (Wildman–Crippen MR) is 86.5 cm³/mol. The normalized spacial score (nSPS) is 11.3. The van der Waals surface area contributed by atoms with Gasteiger partial charge in [-0.25, -0.2) is 9.98 Å². The molecule has 0 bridgehead atoms. The second kappa shape index (κ2) is 5.71. The number of rotatable bonds is 3. The maximum atomic E-state index is 9.38. The molecular formula is C15H11ClN2O2S. The third-order valence-electron chi connectivity index (χ3n) is 2.88. The monoisotopic (exact) mass is 318 g/mol. The number of aliphatic imine (C=N–C) groups is 1. The van der Waals surface area contributed by atoms with Crippen LogP contribution in [-0.2, 0) is 0 Å². The van der Waals surface area contributed by atoms with Crippen molar-refractivity contribution in [1.82, 2.24) is 4.98 Å². The number of aromatic hydroxyl groups is 1. The number of fused-ring (bicyclic) bond motifs is 1. The van der Waals surface area contributed by atoms with Gasteiger partial charge in [-0.2, -0.15) is 0 Å². The first kappa shape index (κ1) is 13.9. The van der Waals surface area contributed by atoms with Gasteiger partial charge in [0.1, 0.15) is 11.5 Å². The van der Waals surface area contributed by atoms with Crippen molar-refractivity contribution < 1.29 is 9.84 Å². The second-order valence-corrected chi connectivity index (χ2v) is 5.72. The minimum Gasteiger partial charge on any atom is -0.506 e. The van der Waals surface area contributed by atoms with E-state index >= 15 is 0 Å². The molecule has 0 unspecified atom stereocenters. The topological polar surface area (TPSA) is 54.7 Å². The zero-order valence-electron chi connectivity index (χ0n) is 11.1. The van der Waals surface area contributed by atoms with Gasteiger partial charge >= 0.3 is 0 Å². The van der Waals surface area contributed by atoms with Crippen molar-refractivity contribution in [2.24, 2.45) is 4.99 Å². The standard InChI is InChI=1S/C15H11ClN2O2S/c1-20-10-3-4-12-14(7-10)21-15(18-12)17-8-9-2-5-13(19)11(16)6-9/h2-8,19H,1H3/b17-8+. The highest BCUT2D eigenvalue weighted by atomic mass is 35.5. The Labute approximate surface area is 130 Å². The third-order valence-corrected chi connectivity index (χ3v) is 4.11. The van der Waals surface area contributed by atoms with Gasteiger partial charge in [-0.1, -0.05) is 22.9 Å². The van der Waals surface area contributed by atoms with Gasteiger partial charge < -0.3 is 9.84 Å². The molecule has 0 aliphatic heterocycles. The van der Waals surface area contributed by atoms with Gasteiger partial charge in [-0.15, -0.1) is 0 Å². The van der Waals surface area contributed by atoms with Crippen LogP contribution in [0.3, 0.4) is 0 Å². The molecule has 0 atom stereocenters. The molecular weight excluding hydrogens is 308 g/mol. The number of aromatic nitrogens is 1. The Hall–Kier alpha value is -2.11. The Morgan fingerprint density at radius 2 is 2.14 bits per heavy atom. The first-order chi connectivity index (χ1) is 10.2. The van der Waals surface area contributed by atoms with Crippen LogP contribution in [0.5, 0.6) is 11.5 Å². The number of halogens is 1. The lowest BCUT2D eigenvalue weighted by atomic mass is 10.2. The molecule has 0 radical (unpaired) electrons. The third kappa shape index (κ3) is 2.99. The fourth-order valence-electron chi connectivity index (χ4n) is 1.81. The van der Waals surface area contributed by atoms with E-state index in [0.717, 1.165) is 21.5 Å². The SMILES string of the molecule is COc1ccc2nc(/N=C/c3ccc(O)c(Cl)c3)sc2c1. The minimum absolute atomic E-state index is 0.0564. The molecule has 0 spiro atoms. The smallest absolute Gasteiger partial charge is 0.210 e. The number of phenolic OH excluding ortho intramolecular Hbond substituents is 1. The fraction of sp³-hybridized carbons (Fsp3) is 0.0667. The molecule has 1 aromatic heterocycles. The Morgan fingerprint density at radius 1 is 1.29 bits per heavy atom. The molecule has 0 fully saturated rings. The van der Waals surface area contributed by atoms with Gasteiger partial charge in [0.15, 0.2) is 0 Å². The number of phenols is 1. The van der Waals surface area contributed by atoms with Crippen LogP contribution < -0.4 is 4.74 Å². The summed E-state index contributed by atoms with van der Waals surface area (Å²) >= 11 is 7.34. The number of benzene rings is 2. The summed E-state index contributed by atoms with van der Waals surface area (Å²) in [6.07, 6.45) is 1.67. The first-order valence-electron chi connectivity index (χ1n) is 6.13. The van der Waals surface area contributed by atoms with Crippen LogP contribution in [0.1, 0.15) is 5.56 Å². The number of ether oxygens (including phenoxy) is 1. The zero-order valence-corrected chi connectivity index (χ0v) is 12.6. The van der Waals surface area contributed by atoms with Gasteiger partial charge in [0.05, 0.1) is 22.3 Å². The molecule has 106 valence electrons. The van der Waals surface area contributed by atoms with E-state index in [1.807, 2.05) is 18.2 Å². The van der Waals surface area contributed by atoms with Crippen molar-refractivity contribution in [3.63, 3.8) is 0 Å². The summed E-state index contributed by atoms with van der Waals surface area (Å²) in [5.41, 5.74) is 1.69. The van der Waals surface area contributed by atoms with Crippen LogP contribution in [0.4, 0.5) is 5.13 Å². The van der Waals surface area contributed by atoms with Crippen LogP contribution in [0.25, 0.3) is 10.2 Å². The molecule has 0 aliphatic carbocycles. The van der Waals surface area contributed by atoms with Gasteiger partial charge in [0.25, 0.3) is 0 Å². The lowest BCUT2D eigenvalue weighted by Gasteiger charge is -1.96. The molecule has 2 aromatic carbocycles. The lowest BCUT2D eigenvalue weighted by Crippen LogP contribution is -1.80. The van der Waals surface area contributed by atoms with E-state index in [0.29, 0.717) is 10.2 Å². The molecule has 1 N–H and O–H groups in total. The molecule has 3 rings (SSSR count). The highest BCUT2D eigenvalue weighted by molar-refractivity contribution is 7.22. The molecule has 3 aromatic rings. The quantitative estimate of drug-likeness (QED) is 0.727. The number of hydrogen-bond donors (Lipinski definition) is 1. The first-order valence-corrected chi connectivity index (χ1v) is 7.32. The molecule has 21 heavy (non-hydrogen) atoms. The number of hydrogen-bond acceptors (Lipinski definition) is 5. The summed E-state index contributed by atoms with van der Waals surface area (Å²) < 4.78 is 6.21. The Morgan fingerprint density at radius 3 is 2.90 bits per heavy atom. The summed E-state index contributed by atoms with van der Waals surface area (Å²) in [5, 5.41) is 10.3. The van der Waals surface area contributed by atoms with Gasteiger partial charge in [0, 0.05) is 6.21 Å². The number of methoxy groups -OCH3 is 1. The highest BCUT2D eigenvalue weighted by Gasteiger charge is 2.04. The second-order valence-electron chi connectivity index (χ2n) is 4.30. The summed E-state index contributed by atoms with van der Waals surface area (Å²) in [7, 11) is 1.63. The Bertz CT molecular complexity index is 830. The van der Waals surface area contributed by atoms with Crippen molar-refractivity contribution in [3.05, 3.63) is 47.0 Å². The Balaban J connectivity index is 1.90. The van der Waals surface area contributed by atoms with Crippen molar-refractivity contribution in [3.8, 4) is 11.5 Å².